The fraction of sp³-hybridized carbons (Fsp3) is 0.789. The molecule has 0 bridgehead atoms. The third kappa shape index (κ3) is 8.69. The van der Waals surface area contributed by atoms with Gasteiger partial charge in [0, 0.05) is 40.3 Å². The highest BCUT2D eigenvalue weighted by atomic mass is 16.2. The van der Waals surface area contributed by atoms with Crippen LogP contribution in [0.15, 0.2) is 0 Å². The van der Waals surface area contributed by atoms with Gasteiger partial charge in [0.2, 0.25) is 23.6 Å². The lowest BCUT2D eigenvalue weighted by molar-refractivity contribution is -0.144. The van der Waals surface area contributed by atoms with E-state index in [1.54, 1.807) is 14.1 Å². The van der Waals surface area contributed by atoms with Gasteiger partial charge in [-0.1, -0.05) is 0 Å². The van der Waals surface area contributed by atoms with Crippen LogP contribution in [-0.4, -0.2) is 122 Å². The minimum atomic E-state index is -0.340. The van der Waals surface area contributed by atoms with Crippen LogP contribution >= 0.6 is 0 Å². The summed E-state index contributed by atoms with van der Waals surface area (Å²) in [6.07, 6.45) is 0. The highest BCUT2D eigenvalue weighted by Gasteiger charge is 2.24. The molecule has 0 radical (unpaired) electrons. The summed E-state index contributed by atoms with van der Waals surface area (Å²) in [6.45, 7) is 8.32. The van der Waals surface area contributed by atoms with Crippen molar-refractivity contribution in [1.29, 1.82) is 0 Å². The molecule has 9 nitrogen and oxygen atoms in total. The molecule has 0 aliphatic rings. The third-order valence-corrected chi connectivity index (χ3v) is 4.81. The van der Waals surface area contributed by atoms with E-state index < -0.39 is 0 Å². The number of carbonyl (C=O) groups is 4. The second-order valence-electron chi connectivity index (χ2n) is 8.18. The average molecular weight is 400 g/mol. The first-order valence-corrected chi connectivity index (χ1v) is 9.37. The molecule has 0 heterocycles. The Kier molecular flexibility index (Phi) is 10.1. The topological polar surface area (TPSA) is 84.5 Å². The molecule has 0 N–H and O–H groups in total. The smallest absolute Gasteiger partial charge is 0.242 e. The maximum absolute atomic E-state index is 12.3. The number of amides is 4. The predicted octanol–water partition coefficient (Wildman–Crippen LogP) is -0.430. The van der Waals surface area contributed by atoms with Crippen molar-refractivity contribution in [2.75, 3.05) is 68.0 Å². The molecule has 0 rings (SSSR count). The summed E-state index contributed by atoms with van der Waals surface area (Å²) in [4.78, 5) is 56.1. The van der Waals surface area contributed by atoms with E-state index in [4.69, 9.17) is 0 Å². The number of rotatable bonds is 9. The zero-order valence-corrected chi connectivity index (χ0v) is 18.9. The maximum Gasteiger partial charge on any atom is 0.242 e. The van der Waals surface area contributed by atoms with Crippen LogP contribution in [0.5, 0.6) is 0 Å². The van der Waals surface area contributed by atoms with Gasteiger partial charge >= 0.3 is 0 Å². The molecule has 0 fully saturated rings. The van der Waals surface area contributed by atoms with Crippen LogP contribution in [0.4, 0.5) is 0 Å². The van der Waals surface area contributed by atoms with Crippen LogP contribution in [0.1, 0.15) is 27.7 Å². The van der Waals surface area contributed by atoms with E-state index in [0.29, 0.717) is 6.54 Å². The van der Waals surface area contributed by atoms with Crippen molar-refractivity contribution >= 4 is 23.6 Å². The van der Waals surface area contributed by atoms with E-state index in [2.05, 4.69) is 0 Å². The molecule has 28 heavy (non-hydrogen) atoms. The standard InChI is InChI=1S/C19H37N5O4/c1-10-20(5)15(25)11-21(6)16(26)12-22(7)17(27)13-23(8)18(28)14-24(9)19(2,3)4/h10-14H2,1-9H3. The summed E-state index contributed by atoms with van der Waals surface area (Å²) in [6, 6.07) is 0. The Morgan fingerprint density at radius 3 is 1.14 bits per heavy atom. The SMILES string of the molecule is CCN(C)C(=O)CN(C)C(=O)CN(C)C(=O)CN(C)C(=O)CN(C)C(C)(C)C. The molecule has 0 unspecified atom stereocenters. The van der Waals surface area contributed by atoms with Gasteiger partial charge in [-0.2, -0.15) is 0 Å². The Hall–Kier alpha value is -2.16. The molecule has 0 aliphatic heterocycles. The minimum absolute atomic E-state index is 0.0390. The molecular weight excluding hydrogens is 362 g/mol. The van der Waals surface area contributed by atoms with Crippen LogP contribution in [-0.2, 0) is 19.2 Å². The van der Waals surface area contributed by atoms with E-state index >= 15 is 0 Å². The number of likely N-dealkylation sites (N-methyl/N-ethyl adjacent to an activating group) is 5. The van der Waals surface area contributed by atoms with Gasteiger partial charge in [-0.15, -0.1) is 0 Å². The lowest BCUT2D eigenvalue weighted by Crippen LogP contribution is -2.48. The molecular formula is C19H37N5O4. The molecule has 0 spiro atoms. The minimum Gasteiger partial charge on any atom is -0.345 e. The van der Waals surface area contributed by atoms with Crippen molar-refractivity contribution in [3.05, 3.63) is 0 Å². The first-order valence-electron chi connectivity index (χ1n) is 9.37. The number of hydrogen-bond acceptors (Lipinski definition) is 5. The van der Waals surface area contributed by atoms with E-state index in [1.165, 1.54) is 33.7 Å². The molecule has 162 valence electrons. The molecule has 0 saturated carbocycles. The van der Waals surface area contributed by atoms with E-state index in [1.807, 2.05) is 39.6 Å². The molecule has 0 saturated heterocycles. The lowest BCUT2D eigenvalue weighted by Gasteiger charge is -2.32. The Morgan fingerprint density at radius 2 is 0.857 bits per heavy atom. The fourth-order valence-corrected chi connectivity index (χ4v) is 1.97. The van der Waals surface area contributed by atoms with Gasteiger partial charge in [-0.3, -0.25) is 24.1 Å². The summed E-state index contributed by atoms with van der Waals surface area (Å²) < 4.78 is 0. The summed E-state index contributed by atoms with van der Waals surface area (Å²) >= 11 is 0. The van der Waals surface area contributed by atoms with Crippen molar-refractivity contribution in [2.45, 2.75) is 33.2 Å². The fourth-order valence-electron chi connectivity index (χ4n) is 1.97. The summed E-state index contributed by atoms with van der Waals surface area (Å²) in [5.41, 5.74) is -0.155. The van der Waals surface area contributed by atoms with Crippen LogP contribution in [0.2, 0.25) is 0 Å². The van der Waals surface area contributed by atoms with Crippen molar-refractivity contribution in [1.82, 2.24) is 24.5 Å². The number of carbonyl (C=O) groups excluding carboxylic acids is 4. The lowest BCUT2D eigenvalue weighted by atomic mass is 10.1. The largest absolute Gasteiger partial charge is 0.345 e. The Labute approximate surface area is 169 Å². The summed E-state index contributed by atoms with van der Waals surface area (Å²) in [7, 11) is 8.12. The van der Waals surface area contributed by atoms with Gasteiger partial charge in [0.15, 0.2) is 0 Å². The zero-order chi connectivity index (χ0) is 22.2. The maximum atomic E-state index is 12.3. The van der Waals surface area contributed by atoms with E-state index in [-0.39, 0.29) is 55.3 Å². The molecule has 0 aromatic heterocycles. The second kappa shape index (κ2) is 11.0. The van der Waals surface area contributed by atoms with Crippen LogP contribution in [0.25, 0.3) is 0 Å². The normalized spacial score (nSPS) is 11.2. The highest BCUT2D eigenvalue weighted by molar-refractivity contribution is 5.90. The van der Waals surface area contributed by atoms with Crippen molar-refractivity contribution in [2.24, 2.45) is 0 Å². The Bertz CT molecular complexity index is 573. The van der Waals surface area contributed by atoms with Gasteiger partial charge < -0.3 is 19.6 Å². The highest BCUT2D eigenvalue weighted by Crippen LogP contribution is 2.10. The number of nitrogens with zero attached hydrogens (tertiary/aromatic N) is 5. The molecule has 0 atom stereocenters. The van der Waals surface area contributed by atoms with Crippen molar-refractivity contribution in [3.63, 3.8) is 0 Å². The first-order chi connectivity index (χ1) is 12.7. The van der Waals surface area contributed by atoms with E-state index in [0.717, 1.165) is 0 Å². The van der Waals surface area contributed by atoms with E-state index in [9.17, 15) is 19.2 Å². The van der Waals surface area contributed by atoms with Gasteiger partial charge in [0.25, 0.3) is 0 Å². The quantitative estimate of drug-likeness (QED) is 0.525. The predicted molar refractivity (Wildman–Crippen MR) is 109 cm³/mol. The average Bonchev–Trinajstić information content (AvgIpc) is 2.59. The van der Waals surface area contributed by atoms with Crippen molar-refractivity contribution in [3.8, 4) is 0 Å². The first kappa shape index (κ1) is 25.8. The van der Waals surface area contributed by atoms with Crippen LogP contribution < -0.4 is 0 Å². The van der Waals surface area contributed by atoms with Gasteiger partial charge in [-0.25, -0.2) is 0 Å². The van der Waals surface area contributed by atoms with Crippen molar-refractivity contribution < 1.29 is 19.2 Å². The molecule has 4 amide bonds. The summed E-state index contributed by atoms with van der Waals surface area (Å²) in [5.74, 6) is -1.01. The number of hydrogen-bond donors (Lipinski definition) is 0. The zero-order valence-electron chi connectivity index (χ0n) is 18.9. The molecule has 9 heteroatoms. The van der Waals surface area contributed by atoms with Gasteiger partial charge in [0.1, 0.15) is 0 Å². The molecule has 0 aromatic carbocycles. The van der Waals surface area contributed by atoms with Gasteiger partial charge in [0.05, 0.1) is 26.2 Å². The monoisotopic (exact) mass is 399 g/mol. The molecule has 0 aliphatic carbocycles. The second-order valence-corrected chi connectivity index (χ2v) is 8.18. The molecule has 0 aromatic rings. The Morgan fingerprint density at radius 1 is 0.571 bits per heavy atom. The van der Waals surface area contributed by atoms with Crippen LogP contribution in [0, 0.1) is 0 Å². The Balaban J connectivity index is 4.59. The van der Waals surface area contributed by atoms with Gasteiger partial charge in [-0.05, 0) is 34.7 Å². The third-order valence-electron chi connectivity index (χ3n) is 4.81. The van der Waals surface area contributed by atoms with Crippen LogP contribution in [0.3, 0.4) is 0 Å². The summed E-state index contributed by atoms with van der Waals surface area (Å²) in [5, 5.41) is 0.